The van der Waals surface area contributed by atoms with Crippen LogP contribution in [-0.2, 0) is 12.0 Å². The molecule has 0 amide bonds. The number of para-hydroxylation sites is 1. The number of hydrogen-bond acceptors (Lipinski definition) is 5. The van der Waals surface area contributed by atoms with Gasteiger partial charge in [-0.25, -0.2) is 0 Å². The Morgan fingerprint density at radius 1 is 1.24 bits per heavy atom. The van der Waals surface area contributed by atoms with Gasteiger partial charge in [0, 0.05) is 6.42 Å². The lowest BCUT2D eigenvalue weighted by molar-refractivity contribution is -0.190. The molecule has 0 aliphatic heterocycles. The van der Waals surface area contributed by atoms with Crippen LogP contribution in [0.15, 0.2) is 34.9 Å². The van der Waals surface area contributed by atoms with E-state index < -0.39 is 17.6 Å². The Labute approximate surface area is 118 Å². The molecule has 0 spiro atoms. The molecule has 21 heavy (non-hydrogen) atoms. The topological polar surface area (TPSA) is 74.2 Å². The maximum absolute atomic E-state index is 12.7. The zero-order valence-corrected chi connectivity index (χ0v) is 11.2. The van der Waals surface area contributed by atoms with Crippen LogP contribution < -0.4 is 10.5 Å². The minimum Gasteiger partial charge on any atom is -0.493 e. The second kappa shape index (κ2) is 5.72. The van der Waals surface area contributed by atoms with Crippen LogP contribution in [0.5, 0.6) is 5.75 Å². The first kappa shape index (κ1) is 15.3. The van der Waals surface area contributed by atoms with Gasteiger partial charge in [-0.15, -0.1) is 0 Å². The van der Waals surface area contributed by atoms with Gasteiger partial charge in [-0.1, -0.05) is 23.4 Å². The smallest absolute Gasteiger partial charge is 0.415 e. The van der Waals surface area contributed by atoms with Crippen molar-refractivity contribution in [3.63, 3.8) is 0 Å². The molecule has 0 saturated carbocycles. The number of nitrogens with two attached hydrogens (primary N) is 1. The highest BCUT2D eigenvalue weighted by Crippen LogP contribution is 2.35. The van der Waals surface area contributed by atoms with Gasteiger partial charge in [0.05, 0.1) is 6.61 Å². The number of benzene rings is 1. The Morgan fingerprint density at radius 2 is 1.90 bits per heavy atom. The van der Waals surface area contributed by atoms with Crippen molar-refractivity contribution in [1.29, 1.82) is 0 Å². The highest BCUT2D eigenvalue weighted by atomic mass is 19.4. The maximum atomic E-state index is 12.7. The third kappa shape index (κ3) is 3.52. The van der Waals surface area contributed by atoms with E-state index in [1.54, 1.807) is 12.1 Å². The molecule has 1 aromatic carbocycles. The largest absolute Gasteiger partial charge is 0.493 e. The maximum Gasteiger partial charge on any atom is 0.415 e. The van der Waals surface area contributed by atoms with E-state index in [1.807, 2.05) is 18.2 Å². The third-order valence-corrected chi connectivity index (χ3v) is 2.84. The minimum absolute atomic E-state index is 0.113. The van der Waals surface area contributed by atoms with Gasteiger partial charge in [0.1, 0.15) is 5.75 Å². The molecule has 0 bridgehead atoms. The first-order valence-corrected chi connectivity index (χ1v) is 6.17. The summed E-state index contributed by atoms with van der Waals surface area (Å²) in [5, 5.41) is 3.48. The van der Waals surface area contributed by atoms with Gasteiger partial charge in [-0.3, -0.25) is 0 Å². The van der Waals surface area contributed by atoms with E-state index in [1.165, 1.54) is 0 Å². The molecule has 0 aliphatic rings. The zero-order chi connectivity index (χ0) is 15.5. The average molecular weight is 301 g/mol. The fraction of sp³-hybridized carbons (Fsp3) is 0.385. The van der Waals surface area contributed by atoms with Gasteiger partial charge in [0.25, 0.3) is 5.89 Å². The fourth-order valence-electron chi connectivity index (χ4n) is 1.46. The van der Waals surface area contributed by atoms with E-state index in [0.29, 0.717) is 5.75 Å². The summed E-state index contributed by atoms with van der Waals surface area (Å²) >= 11 is 0. The quantitative estimate of drug-likeness (QED) is 0.918. The molecule has 114 valence electrons. The van der Waals surface area contributed by atoms with Gasteiger partial charge in [-0.05, 0) is 19.1 Å². The molecule has 1 unspecified atom stereocenters. The van der Waals surface area contributed by atoms with Crippen molar-refractivity contribution in [2.45, 2.75) is 25.1 Å². The molecule has 0 radical (unpaired) electrons. The highest BCUT2D eigenvalue weighted by molar-refractivity contribution is 5.20. The van der Waals surface area contributed by atoms with Gasteiger partial charge in [-0.2, -0.15) is 18.2 Å². The normalized spacial score (nSPS) is 14.7. The predicted molar refractivity (Wildman–Crippen MR) is 67.5 cm³/mol. The van der Waals surface area contributed by atoms with Crippen LogP contribution in [0.4, 0.5) is 13.2 Å². The molecule has 2 N–H and O–H groups in total. The summed E-state index contributed by atoms with van der Waals surface area (Å²) in [4.78, 5) is 3.68. The summed E-state index contributed by atoms with van der Waals surface area (Å²) in [6.07, 6.45) is -4.45. The Bertz CT molecular complexity index is 582. The van der Waals surface area contributed by atoms with E-state index >= 15 is 0 Å². The van der Waals surface area contributed by atoms with Gasteiger partial charge in [0.2, 0.25) is 0 Å². The zero-order valence-electron chi connectivity index (χ0n) is 11.2. The molecule has 0 aliphatic carbocycles. The van der Waals surface area contributed by atoms with E-state index in [-0.39, 0.29) is 18.9 Å². The Morgan fingerprint density at radius 3 is 2.52 bits per heavy atom. The molecule has 0 fully saturated rings. The number of nitrogens with zero attached hydrogens (tertiary/aromatic N) is 2. The monoisotopic (exact) mass is 301 g/mol. The number of hydrogen-bond donors (Lipinski definition) is 1. The summed E-state index contributed by atoms with van der Waals surface area (Å²) in [5.74, 6) is 0.103. The summed E-state index contributed by atoms with van der Waals surface area (Å²) in [5.41, 5.74) is 2.53. The van der Waals surface area contributed by atoms with Crippen LogP contribution in [0, 0.1) is 0 Å². The van der Waals surface area contributed by atoms with Crippen molar-refractivity contribution in [2.75, 3.05) is 6.61 Å². The molecule has 5 nitrogen and oxygen atoms in total. The second-order valence-corrected chi connectivity index (χ2v) is 4.63. The van der Waals surface area contributed by atoms with Crippen LogP contribution in [0.1, 0.15) is 18.6 Å². The lowest BCUT2D eigenvalue weighted by atomic mass is 10.0. The molecular formula is C13H14F3N3O2. The lowest BCUT2D eigenvalue weighted by Crippen LogP contribution is -2.48. The van der Waals surface area contributed by atoms with Crippen molar-refractivity contribution >= 4 is 0 Å². The second-order valence-electron chi connectivity index (χ2n) is 4.63. The van der Waals surface area contributed by atoms with E-state index in [9.17, 15) is 13.2 Å². The number of ether oxygens (including phenoxy) is 1. The first-order chi connectivity index (χ1) is 9.80. The standard InChI is InChI=1S/C13H14F3N3O2/c1-12(17,13(14,15)16)11-18-10(19-21-11)7-8-20-9-5-3-2-4-6-9/h2-6H,7-8,17H2,1H3. The Balaban J connectivity index is 1.95. The summed E-state index contributed by atoms with van der Waals surface area (Å²) in [7, 11) is 0. The molecule has 1 aromatic heterocycles. The van der Waals surface area contributed by atoms with Crippen LogP contribution in [0.25, 0.3) is 0 Å². The van der Waals surface area contributed by atoms with E-state index in [2.05, 4.69) is 14.7 Å². The Kier molecular flexibility index (Phi) is 4.17. The van der Waals surface area contributed by atoms with Crippen molar-refractivity contribution in [2.24, 2.45) is 5.73 Å². The molecule has 2 aromatic rings. The van der Waals surface area contributed by atoms with Crippen molar-refractivity contribution in [1.82, 2.24) is 10.1 Å². The van der Waals surface area contributed by atoms with Gasteiger partial charge in [0.15, 0.2) is 11.4 Å². The SMILES string of the molecule is CC(N)(c1nc(CCOc2ccccc2)no1)C(F)(F)F. The summed E-state index contributed by atoms with van der Waals surface area (Å²) in [6.45, 7) is 1.00. The van der Waals surface area contributed by atoms with E-state index in [4.69, 9.17) is 10.5 Å². The number of halogens is 3. The Hall–Kier alpha value is -2.09. The molecule has 8 heteroatoms. The minimum atomic E-state index is -4.67. The van der Waals surface area contributed by atoms with Crippen LogP contribution in [0.3, 0.4) is 0 Å². The highest BCUT2D eigenvalue weighted by Gasteiger charge is 2.53. The number of alkyl halides is 3. The molecular weight excluding hydrogens is 287 g/mol. The number of rotatable bonds is 5. The molecule has 0 saturated heterocycles. The molecule has 1 atom stereocenters. The van der Waals surface area contributed by atoms with Crippen molar-refractivity contribution < 1.29 is 22.4 Å². The van der Waals surface area contributed by atoms with Crippen molar-refractivity contribution in [3.8, 4) is 5.75 Å². The summed E-state index contributed by atoms with van der Waals surface area (Å²) in [6, 6.07) is 9.00. The average Bonchev–Trinajstić information content (AvgIpc) is 2.88. The third-order valence-electron chi connectivity index (χ3n) is 2.84. The van der Waals surface area contributed by atoms with Crippen LogP contribution in [-0.4, -0.2) is 22.9 Å². The predicted octanol–water partition coefficient (Wildman–Crippen LogP) is 2.43. The van der Waals surface area contributed by atoms with Crippen molar-refractivity contribution in [3.05, 3.63) is 42.0 Å². The van der Waals surface area contributed by atoms with E-state index in [0.717, 1.165) is 6.92 Å². The van der Waals surface area contributed by atoms with Crippen LogP contribution >= 0.6 is 0 Å². The molecule has 1 heterocycles. The lowest BCUT2D eigenvalue weighted by Gasteiger charge is -2.22. The molecule has 2 rings (SSSR count). The van der Waals surface area contributed by atoms with Crippen LogP contribution in [0.2, 0.25) is 0 Å². The fourth-order valence-corrected chi connectivity index (χ4v) is 1.46. The van der Waals surface area contributed by atoms with Gasteiger partial charge >= 0.3 is 6.18 Å². The number of aromatic nitrogens is 2. The summed E-state index contributed by atoms with van der Waals surface area (Å²) < 4.78 is 48.2. The van der Waals surface area contributed by atoms with Gasteiger partial charge < -0.3 is 15.0 Å². The first-order valence-electron chi connectivity index (χ1n) is 6.17.